The summed E-state index contributed by atoms with van der Waals surface area (Å²) >= 11 is 8.39. The molecule has 3 N–H and O–H groups in total. The number of nitrogens with zero attached hydrogens (tertiary/aromatic N) is 4. The highest BCUT2D eigenvalue weighted by atomic mass is 35.5. The Morgan fingerprint density at radius 3 is 2.68 bits per heavy atom. The number of ether oxygens (including phenoxy) is 1. The molecule has 210 valence electrons. The van der Waals surface area contributed by atoms with Crippen LogP contribution in [0.15, 0.2) is 75.5 Å². The molecule has 1 atom stereocenters. The van der Waals surface area contributed by atoms with Crippen LogP contribution >= 0.6 is 34.7 Å². The second-order valence-corrected chi connectivity index (χ2v) is 13.0. The third-order valence-electron chi connectivity index (χ3n) is 6.87. The molecule has 0 saturated heterocycles. The number of carbonyl (C=O) groups excluding carboxylic acids is 2. The van der Waals surface area contributed by atoms with Crippen LogP contribution in [-0.2, 0) is 9.59 Å². The van der Waals surface area contributed by atoms with Crippen molar-refractivity contribution in [3.63, 3.8) is 0 Å². The predicted molar refractivity (Wildman–Crippen MR) is 161 cm³/mol. The molecule has 1 aromatic heterocycles. The third-order valence-corrected chi connectivity index (χ3v) is 9.17. The number of nitrogens with one attached hydrogen (secondary N) is 1. The van der Waals surface area contributed by atoms with Gasteiger partial charge in [-0.2, -0.15) is 5.26 Å². The largest absolute Gasteiger partial charge is 0.496 e. The van der Waals surface area contributed by atoms with Gasteiger partial charge in [-0.3, -0.25) is 14.5 Å². The van der Waals surface area contributed by atoms with Crippen LogP contribution in [0, 0.1) is 16.7 Å². The van der Waals surface area contributed by atoms with Crippen LogP contribution in [0.25, 0.3) is 0 Å². The number of carbonyl (C=O) groups is 2. The van der Waals surface area contributed by atoms with E-state index in [4.69, 9.17) is 22.1 Å². The van der Waals surface area contributed by atoms with Gasteiger partial charge >= 0.3 is 0 Å². The fourth-order valence-corrected chi connectivity index (χ4v) is 6.96. The van der Waals surface area contributed by atoms with Crippen LogP contribution in [0.2, 0.25) is 5.02 Å². The molecular weight excluding hydrogens is 580 g/mol. The fraction of sp³-hybridized carbons (Fsp3) is 0.276. The smallest absolute Gasteiger partial charge is 0.234 e. The molecule has 1 aliphatic carbocycles. The number of allylic oxidation sites excluding steroid dienone is 3. The number of nitriles is 1. The van der Waals surface area contributed by atoms with Gasteiger partial charge in [0, 0.05) is 34.0 Å². The van der Waals surface area contributed by atoms with Crippen molar-refractivity contribution in [3.8, 4) is 11.8 Å². The van der Waals surface area contributed by atoms with Crippen molar-refractivity contribution in [1.82, 2.24) is 10.2 Å². The lowest BCUT2D eigenvalue weighted by Crippen LogP contribution is -2.42. The second kappa shape index (κ2) is 11.6. The zero-order valence-electron chi connectivity index (χ0n) is 22.6. The van der Waals surface area contributed by atoms with Gasteiger partial charge in [-0.15, -0.1) is 10.2 Å². The Morgan fingerprint density at radius 2 is 1.98 bits per heavy atom. The molecule has 1 amide bonds. The van der Waals surface area contributed by atoms with E-state index in [1.54, 1.807) is 36.3 Å². The van der Waals surface area contributed by atoms with Crippen LogP contribution in [0.1, 0.15) is 38.2 Å². The summed E-state index contributed by atoms with van der Waals surface area (Å²) in [6, 6.07) is 16.5. The second-order valence-electron chi connectivity index (χ2n) is 10.4. The van der Waals surface area contributed by atoms with Gasteiger partial charge in [0.1, 0.15) is 11.6 Å². The summed E-state index contributed by atoms with van der Waals surface area (Å²) in [7, 11) is 1.56. The van der Waals surface area contributed by atoms with Gasteiger partial charge in [0.2, 0.25) is 11.0 Å². The molecule has 0 bridgehead atoms. The number of benzene rings is 2. The van der Waals surface area contributed by atoms with E-state index in [0.717, 1.165) is 0 Å². The zero-order valence-corrected chi connectivity index (χ0v) is 25.0. The third kappa shape index (κ3) is 5.81. The first-order valence-corrected chi connectivity index (χ1v) is 14.9. The summed E-state index contributed by atoms with van der Waals surface area (Å²) in [5.41, 5.74) is 9.19. The van der Waals surface area contributed by atoms with Crippen molar-refractivity contribution in [3.05, 3.63) is 81.8 Å². The molecule has 2 aliphatic rings. The number of hydrogen-bond acceptors (Lipinski definition) is 10. The lowest BCUT2D eigenvalue weighted by molar-refractivity contribution is -0.118. The van der Waals surface area contributed by atoms with Crippen LogP contribution in [-0.4, -0.2) is 34.8 Å². The van der Waals surface area contributed by atoms with E-state index in [0.29, 0.717) is 55.6 Å². The Kier molecular flexibility index (Phi) is 8.09. The monoisotopic (exact) mass is 606 g/mol. The van der Waals surface area contributed by atoms with Crippen molar-refractivity contribution >= 4 is 57.2 Å². The molecule has 41 heavy (non-hydrogen) atoms. The number of Topliss-reactive ketones (excluding diaryl/α,β-unsaturated/α-hetero) is 1. The number of halogens is 1. The standard InChI is InChI=1S/C29H27ClN6O3S2/c1-29(2)12-20-25(21(37)13-29)24(18-6-4-5-7-22(18)39-3)19(14-31)26(32)36(20)27-34-35-28(41-27)40-15-23(38)33-17-10-8-16(30)9-11-17/h4-11,24H,12-13,15,32H2,1-3H3,(H,33,38). The lowest BCUT2D eigenvalue weighted by Gasteiger charge is -2.42. The molecule has 3 aromatic rings. The van der Waals surface area contributed by atoms with Crippen molar-refractivity contribution in [2.45, 2.75) is 36.9 Å². The first-order chi connectivity index (χ1) is 19.6. The van der Waals surface area contributed by atoms with E-state index < -0.39 is 5.92 Å². The average molecular weight is 607 g/mol. The Hall–Kier alpha value is -3.85. The van der Waals surface area contributed by atoms with Crippen LogP contribution < -0.4 is 20.7 Å². The quantitative estimate of drug-likeness (QED) is 0.316. The van der Waals surface area contributed by atoms with E-state index in [-0.39, 0.29) is 34.3 Å². The summed E-state index contributed by atoms with van der Waals surface area (Å²) in [6.07, 6.45) is 0.884. The van der Waals surface area contributed by atoms with Gasteiger partial charge < -0.3 is 15.8 Å². The molecule has 0 saturated carbocycles. The molecular formula is C29H27ClN6O3S2. The van der Waals surface area contributed by atoms with Gasteiger partial charge in [0.05, 0.1) is 30.4 Å². The maximum Gasteiger partial charge on any atom is 0.234 e. The van der Waals surface area contributed by atoms with E-state index in [1.165, 1.54) is 23.1 Å². The minimum absolute atomic E-state index is 0.0459. The number of anilines is 2. The molecule has 1 aliphatic heterocycles. The number of amides is 1. The maximum atomic E-state index is 13.7. The Balaban J connectivity index is 1.48. The van der Waals surface area contributed by atoms with Gasteiger partial charge in [-0.25, -0.2) is 0 Å². The number of ketones is 1. The molecule has 0 spiro atoms. The molecule has 12 heteroatoms. The average Bonchev–Trinajstić information content (AvgIpc) is 3.40. The number of para-hydroxylation sites is 1. The molecule has 2 heterocycles. The molecule has 9 nitrogen and oxygen atoms in total. The summed E-state index contributed by atoms with van der Waals surface area (Å²) in [6.45, 7) is 4.07. The zero-order chi connectivity index (χ0) is 29.3. The Labute approximate surface area is 251 Å². The number of aromatic nitrogens is 2. The summed E-state index contributed by atoms with van der Waals surface area (Å²) in [4.78, 5) is 27.9. The number of methoxy groups -OCH3 is 1. The SMILES string of the molecule is COc1ccccc1C1C(C#N)=C(N)N(c2nnc(SCC(=O)Nc3ccc(Cl)cc3)s2)C2=C1C(=O)CC(C)(C)C2. The van der Waals surface area contributed by atoms with Gasteiger partial charge in [0.15, 0.2) is 10.1 Å². The highest BCUT2D eigenvalue weighted by molar-refractivity contribution is 8.01. The van der Waals surface area contributed by atoms with Crippen molar-refractivity contribution in [2.75, 3.05) is 23.1 Å². The molecule has 2 aromatic carbocycles. The van der Waals surface area contributed by atoms with Gasteiger partial charge in [0.25, 0.3) is 0 Å². The number of thioether (sulfide) groups is 1. The molecule has 0 radical (unpaired) electrons. The van der Waals surface area contributed by atoms with Crippen molar-refractivity contribution in [2.24, 2.45) is 11.1 Å². The van der Waals surface area contributed by atoms with E-state index >= 15 is 0 Å². The van der Waals surface area contributed by atoms with Gasteiger partial charge in [-0.1, -0.05) is 66.7 Å². The van der Waals surface area contributed by atoms with Crippen molar-refractivity contribution < 1.29 is 14.3 Å². The van der Waals surface area contributed by atoms with Gasteiger partial charge in [-0.05, 0) is 42.2 Å². The number of hydrogen-bond donors (Lipinski definition) is 2. The number of rotatable bonds is 7. The Morgan fingerprint density at radius 1 is 1.24 bits per heavy atom. The number of nitrogens with two attached hydrogens (primary N) is 1. The Bertz CT molecular complexity index is 1620. The lowest BCUT2D eigenvalue weighted by atomic mass is 9.68. The first kappa shape index (κ1) is 28.7. The maximum absolute atomic E-state index is 13.7. The molecule has 1 unspecified atom stereocenters. The van der Waals surface area contributed by atoms with Crippen LogP contribution in [0.3, 0.4) is 0 Å². The van der Waals surface area contributed by atoms with Crippen LogP contribution in [0.4, 0.5) is 10.8 Å². The summed E-state index contributed by atoms with van der Waals surface area (Å²) in [5, 5.41) is 22.8. The normalized spacial score (nSPS) is 18.2. The minimum Gasteiger partial charge on any atom is -0.496 e. The first-order valence-electron chi connectivity index (χ1n) is 12.7. The highest BCUT2D eigenvalue weighted by Gasteiger charge is 2.46. The van der Waals surface area contributed by atoms with Crippen molar-refractivity contribution in [1.29, 1.82) is 5.26 Å². The molecule has 0 fully saturated rings. The van der Waals surface area contributed by atoms with Crippen LogP contribution in [0.5, 0.6) is 5.75 Å². The topological polar surface area (TPSA) is 134 Å². The minimum atomic E-state index is -0.663. The highest BCUT2D eigenvalue weighted by Crippen LogP contribution is 2.52. The van der Waals surface area contributed by atoms with E-state index in [1.807, 2.05) is 38.1 Å². The summed E-state index contributed by atoms with van der Waals surface area (Å²) < 4.78 is 6.15. The summed E-state index contributed by atoms with van der Waals surface area (Å²) in [5.74, 6) is -0.0352. The van der Waals surface area contributed by atoms with E-state index in [2.05, 4.69) is 21.6 Å². The fourth-order valence-electron chi connectivity index (χ4n) is 5.15. The predicted octanol–water partition coefficient (Wildman–Crippen LogP) is 5.87. The van der Waals surface area contributed by atoms with E-state index in [9.17, 15) is 14.9 Å². The molecule has 5 rings (SSSR count).